The van der Waals surface area contributed by atoms with Gasteiger partial charge in [0.1, 0.15) is 11.5 Å². The Kier molecular flexibility index (Phi) is 4.70. The van der Waals surface area contributed by atoms with Gasteiger partial charge >= 0.3 is 5.97 Å². The second kappa shape index (κ2) is 7.52. The van der Waals surface area contributed by atoms with Gasteiger partial charge in [-0.25, -0.2) is 0 Å². The molecule has 0 saturated heterocycles. The quantitative estimate of drug-likeness (QED) is 0.588. The normalized spacial score (nSPS) is 19.1. The highest BCUT2D eigenvalue weighted by molar-refractivity contribution is 5.91. The Labute approximate surface area is 176 Å². The van der Waals surface area contributed by atoms with Crippen LogP contribution in [0.25, 0.3) is 22.3 Å². The van der Waals surface area contributed by atoms with Crippen LogP contribution in [-0.4, -0.2) is 24.3 Å². The highest BCUT2D eigenvalue weighted by Gasteiger charge is 2.49. The van der Waals surface area contributed by atoms with Crippen molar-refractivity contribution in [2.24, 2.45) is 5.92 Å². The van der Waals surface area contributed by atoms with Crippen LogP contribution < -0.4 is 4.74 Å². The van der Waals surface area contributed by atoms with E-state index in [0.717, 1.165) is 45.6 Å². The number of carbonyl (C=O) groups excluding carboxylic acids is 1. The predicted molar refractivity (Wildman–Crippen MR) is 116 cm³/mol. The van der Waals surface area contributed by atoms with Crippen molar-refractivity contribution in [1.29, 1.82) is 0 Å². The molecule has 0 spiro atoms. The minimum absolute atomic E-state index is 0.0729. The molecule has 0 aromatic heterocycles. The highest BCUT2D eigenvalue weighted by Crippen LogP contribution is 2.59. The summed E-state index contributed by atoms with van der Waals surface area (Å²) in [6.07, 6.45) is 1.43. The third kappa shape index (κ3) is 3.04. The average Bonchev–Trinajstić information content (AvgIpc) is 3.43. The number of ether oxygens (including phenoxy) is 2. The SMILES string of the molecule is CCOC(=O)[C@H]1C[C@@H]1c1c(O)c(-c2ccccc2)c2c(c1-c1ccccc1)OCC2. The molecule has 4 heteroatoms. The van der Waals surface area contributed by atoms with E-state index >= 15 is 0 Å². The lowest BCUT2D eigenvalue weighted by Crippen LogP contribution is -2.08. The molecule has 2 aliphatic rings. The maximum Gasteiger partial charge on any atom is 0.309 e. The van der Waals surface area contributed by atoms with Gasteiger partial charge in [0, 0.05) is 34.6 Å². The third-order valence-electron chi connectivity index (χ3n) is 6.04. The van der Waals surface area contributed by atoms with Crippen molar-refractivity contribution in [2.75, 3.05) is 13.2 Å². The van der Waals surface area contributed by atoms with Gasteiger partial charge in [-0.15, -0.1) is 0 Å². The molecule has 1 fully saturated rings. The molecule has 0 unspecified atom stereocenters. The predicted octanol–water partition coefficient (Wildman–Crippen LogP) is 5.33. The van der Waals surface area contributed by atoms with E-state index in [0.29, 0.717) is 19.6 Å². The van der Waals surface area contributed by atoms with Crippen molar-refractivity contribution in [3.05, 3.63) is 71.8 Å². The molecule has 1 aliphatic heterocycles. The van der Waals surface area contributed by atoms with Crippen LogP contribution in [-0.2, 0) is 16.0 Å². The smallest absolute Gasteiger partial charge is 0.309 e. The molecular weight excluding hydrogens is 376 g/mol. The van der Waals surface area contributed by atoms with Gasteiger partial charge < -0.3 is 14.6 Å². The van der Waals surface area contributed by atoms with E-state index in [2.05, 4.69) is 0 Å². The zero-order valence-corrected chi connectivity index (χ0v) is 16.9. The summed E-state index contributed by atoms with van der Waals surface area (Å²) >= 11 is 0. The molecule has 30 heavy (non-hydrogen) atoms. The molecule has 2 atom stereocenters. The van der Waals surface area contributed by atoms with E-state index in [9.17, 15) is 9.90 Å². The number of hydrogen-bond donors (Lipinski definition) is 1. The monoisotopic (exact) mass is 400 g/mol. The standard InChI is InChI=1S/C26H24O4/c1-2-29-26(28)20-15-19(20)23-22(17-11-7-4-8-12-17)25-18(13-14-30-25)21(24(23)27)16-9-5-3-6-10-16/h3-12,19-20,27H,2,13-15H2,1H3/t19-,20-/m0/s1. The lowest BCUT2D eigenvalue weighted by atomic mass is 9.86. The molecule has 152 valence electrons. The Hall–Kier alpha value is -3.27. The fraction of sp³-hybridized carbons (Fsp3) is 0.269. The van der Waals surface area contributed by atoms with Gasteiger partial charge in [-0.1, -0.05) is 60.7 Å². The summed E-state index contributed by atoms with van der Waals surface area (Å²) in [4.78, 5) is 12.4. The number of fused-ring (bicyclic) bond motifs is 1. The molecule has 5 rings (SSSR count). The van der Waals surface area contributed by atoms with Crippen molar-refractivity contribution >= 4 is 5.97 Å². The van der Waals surface area contributed by atoms with Crippen LogP contribution in [0.3, 0.4) is 0 Å². The van der Waals surface area contributed by atoms with Gasteiger partial charge in [-0.05, 0) is 24.5 Å². The van der Waals surface area contributed by atoms with Crippen LogP contribution in [0.1, 0.15) is 30.4 Å². The van der Waals surface area contributed by atoms with E-state index in [1.807, 2.05) is 67.6 Å². The summed E-state index contributed by atoms with van der Waals surface area (Å²) in [5.41, 5.74) is 5.54. The van der Waals surface area contributed by atoms with E-state index in [4.69, 9.17) is 9.47 Å². The van der Waals surface area contributed by atoms with Gasteiger partial charge in [0.25, 0.3) is 0 Å². The molecule has 3 aromatic carbocycles. The lowest BCUT2D eigenvalue weighted by Gasteiger charge is -2.20. The molecule has 4 nitrogen and oxygen atoms in total. The summed E-state index contributed by atoms with van der Waals surface area (Å²) in [6.45, 7) is 2.77. The van der Waals surface area contributed by atoms with Crippen LogP contribution in [0, 0.1) is 5.92 Å². The van der Waals surface area contributed by atoms with Gasteiger partial charge in [-0.2, -0.15) is 0 Å². The molecule has 1 N–H and O–H groups in total. The topological polar surface area (TPSA) is 55.8 Å². The number of aromatic hydroxyl groups is 1. The maximum atomic E-state index is 12.4. The van der Waals surface area contributed by atoms with Crippen molar-refractivity contribution in [3.8, 4) is 33.8 Å². The van der Waals surface area contributed by atoms with Gasteiger partial charge in [-0.3, -0.25) is 4.79 Å². The van der Waals surface area contributed by atoms with E-state index in [1.54, 1.807) is 0 Å². The summed E-state index contributed by atoms with van der Waals surface area (Å²) in [6, 6.07) is 19.9. The van der Waals surface area contributed by atoms with Gasteiger partial charge in [0.15, 0.2) is 0 Å². The Bertz CT molecular complexity index is 1090. The number of benzene rings is 3. The van der Waals surface area contributed by atoms with Crippen LogP contribution in [0.15, 0.2) is 60.7 Å². The van der Waals surface area contributed by atoms with Crippen LogP contribution in [0.5, 0.6) is 11.5 Å². The first-order valence-electron chi connectivity index (χ1n) is 10.5. The van der Waals surface area contributed by atoms with E-state index in [1.165, 1.54) is 0 Å². The highest BCUT2D eigenvalue weighted by atomic mass is 16.5. The van der Waals surface area contributed by atoms with Gasteiger partial charge in [0.05, 0.1) is 19.1 Å². The molecule has 1 aliphatic carbocycles. The maximum absolute atomic E-state index is 12.4. The molecule has 0 radical (unpaired) electrons. The largest absolute Gasteiger partial charge is 0.507 e. The van der Waals surface area contributed by atoms with Crippen molar-refractivity contribution in [2.45, 2.75) is 25.7 Å². The zero-order chi connectivity index (χ0) is 20.7. The number of rotatable bonds is 5. The van der Waals surface area contributed by atoms with E-state index in [-0.39, 0.29) is 23.6 Å². The molecule has 0 amide bonds. The van der Waals surface area contributed by atoms with Crippen molar-refractivity contribution in [1.82, 2.24) is 0 Å². The molecule has 1 heterocycles. The zero-order valence-electron chi connectivity index (χ0n) is 16.9. The first-order chi connectivity index (χ1) is 14.7. The Morgan fingerprint density at radius 1 is 1.03 bits per heavy atom. The molecular formula is C26H24O4. The Morgan fingerprint density at radius 2 is 1.67 bits per heavy atom. The van der Waals surface area contributed by atoms with Crippen molar-refractivity contribution in [3.63, 3.8) is 0 Å². The first kappa shape index (κ1) is 18.7. The van der Waals surface area contributed by atoms with E-state index < -0.39 is 0 Å². The van der Waals surface area contributed by atoms with Crippen LogP contribution >= 0.6 is 0 Å². The first-order valence-corrected chi connectivity index (χ1v) is 10.5. The van der Waals surface area contributed by atoms with Crippen LogP contribution in [0.2, 0.25) is 0 Å². The Morgan fingerprint density at radius 3 is 2.30 bits per heavy atom. The fourth-order valence-electron chi connectivity index (χ4n) is 4.63. The molecule has 1 saturated carbocycles. The summed E-state index contributed by atoms with van der Waals surface area (Å²) in [5.74, 6) is 0.615. The average molecular weight is 400 g/mol. The van der Waals surface area contributed by atoms with Crippen LogP contribution in [0.4, 0.5) is 0 Å². The number of carbonyl (C=O) groups is 1. The summed E-state index contributed by atoms with van der Waals surface area (Å²) < 4.78 is 11.4. The molecule has 3 aromatic rings. The second-order valence-electron chi connectivity index (χ2n) is 7.85. The Balaban J connectivity index is 1.75. The number of phenolic OH excluding ortho intramolecular Hbond substituents is 1. The lowest BCUT2D eigenvalue weighted by molar-refractivity contribution is -0.144. The van der Waals surface area contributed by atoms with Crippen molar-refractivity contribution < 1.29 is 19.4 Å². The molecule has 0 bridgehead atoms. The second-order valence-corrected chi connectivity index (χ2v) is 7.85. The number of hydrogen-bond acceptors (Lipinski definition) is 4. The van der Waals surface area contributed by atoms with Gasteiger partial charge in [0.2, 0.25) is 0 Å². The third-order valence-corrected chi connectivity index (χ3v) is 6.04. The minimum Gasteiger partial charge on any atom is -0.507 e. The number of esters is 1. The fourth-order valence-corrected chi connectivity index (χ4v) is 4.63. The minimum atomic E-state index is -0.221. The summed E-state index contributed by atoms with van der Waals surface area (Å²) in [7, 11) is 0. The summed E-state index contributed by atoms with van der Waals surface area (Å²) in [5, 5.41) is 11.6. The number of phenols is 1.